The van der Waals surface area contributed by atoms with Crippen molar-refractivity contribution in [3.63, 3.8) is 0 Å². The van der Waals surface area contributed by atoms with Gasteiger partial charge < -0.3 is 29.1 Å². The van der Waals surface area contributed by atoms with E-state index in [1.165, 1.54) is 12.0 Å². The van der Waals surface area contributed by atoms with E-state index < -0.39 is 6.09 Å². The van der Waals surface area contributed by atoms with E-state index >= 15 is 0 Å². The van der Waals surface area contributed by atoms with Gasteiger partial charge in [-0.15, -0.1) is 0 Å². The summed E-state index contributed by atoms with van der Waals surface area (Å²) in [5.74, 6) is 2.02. The molecule has 2 saturated heterocycles. The SMILES string of the molecule is COc1nc(N2CCN(C(=O)O)CC2)cc(-n2ncc3cc(C)c(OC4CCOC4)cc32)n1. The van der Waals surface area contributed by atoms with Gasteiger partial charge in [-0.2, -0.15) is 15.1 Å². The van der Waals surface area contributed by atoms with Crippen LogP contribution in [0.5, 0.6) is 11.8 Å². The van der Waals surface area contributed by atoms with E-state index in [1.54, 1.807) is 10.9 Å². The van der Waals surface area contributed by atoms with Crippen molar-refractivity contribution < 1.29 is 24.1 Å². The highest BCUT2D eigenvalue weighted by atomic mass is 16.5. The van der Waals surface area contributed by atoms with Gasteiger partial charge in [-0.05, 0) is 18.6 Å². The first-order valence-corrected chi connectivity index (χ1v) is 10.9. The third-order valence-corrected chi connectivity index (χ3v) is 6.00. The number of benzene rings is 1. The average molecular weight is 454 g/mol. The number of hydrogen-bond acceptors (Lipinski definition) is 8. The van der Waals surface area contributed by atoms with Crippen LogP contribution in [0.25, 0.3) is 16.7 Å². The fraction of sp³-hybridized carbons (Fsp3) is 0.455. The lowest BCUT2D eigenvalue weighted by molar-refractivity contribution is 0.141. The highest BCUT2D eigenvalue weighted by molar-refractivity contribution is 5.83. The Bertz CT molecular complexity index is 1170. The molecule has 0 spiro atoms. The number of aromatic nitrogens is 4. The molecular weight excluding hydrogens is 428 g/mol. The number of hydrogen-bond donors (Lipinski definition) is 1. The van der Waals surface area contributed by atoms with Gasteiger partial charge in [-0.1, -0.05) is 0 Å². The first-order valence-electron chi connectivity index (χ1n) is 10.9. The van der Waals surface area contributed by atoms with Gasteiger partial charge in [0.1, 0.15) is 17.7 Å². The van der Waals surface area contributed by atoms with Crippen LogP contribution in [0.1, 0.15) is 12.0 Å². The zero-order chi connectivity index (χ0) is 22.9. The Morgan fingerprint density at radius 3 is 2.64 bits per heavy atom. The van der Waals surface area contributed by atoms with Crippen LogP contribution in [0, 0.1) is 6.92 Å². The molecule has 1 atom stereocenters. The van der Waals surface area contributed by atoms with Gasteiger partial charge in [0.25, 0.3) is 0 Å². The zero-order valence-electron chi connectivity index (χ0n) is 18.6. The van der Waals surface area contributed by atoms with Crippen LogP contribution in [0.2, 0.25) is 0 Å². The summed E-state index contributed by atoms with van der Waals surface area (Å²) in [5, 5.41) is 14.7. The second kappa shape index (κ2) is 8.74. The zero-order valence-corrected chi connectivity index (χ0v) is 18.6. The summed E-state index contributed by atoms with van der Waals surface area (Å²) in [5.41, 5.74) is 1.89. The molecule has 11 heteroatoms. The van der Waals surface area contributed by atoms with Crippen molar-refractivity contribution in [3.8, 4) is 17.6 Å². The molecule has 3 aromatic rings. The molecule has 2 aromatic heterocycles. The molecule has 1 N–H and O–H groups in total. The van der Waals surface area contributed by atoms with Crippen molar-refractivity contribution in [2.24, 2.45) is 0 Å². The Hall–Kier alpha value is -3.60. The van der Waals surface area contributed by atoms with Crippen LogP contribution in [0.4, 0.5) is 10.6 Å². The van der Waals surface area contributed by atoms with E-state index in [0.29, 0.717) is 51.0 Å². The Balaban J connectivity index is 1.48. The van der Waals surface area contributed by atoms with Gasteiger partial charge in [-0.25, -0.2) is 9.48 Å². The van der Waals surface area contributed by atoms with E-state index in [4.69, 9.17) is 14.2 Å². The van der Waals surface area contributed by atoms with Gasteiger partial charge in [-0.3, -0.25) is 0 Å². The number of carboxylic acid groups (broad SMARTS) is 1. The van der Waals surface area contributed by atoms with Crippen LogP contribution in [0.15, 0.2) is 24.4 Å². The summed E-state index contributed by atoms with van der Waals surface area (Å²) in [7, 11) is 1.52. The number of piperazine rings is 1. The Morgan fingerprint density at radius 1 is 1.15 bits per heavy atom. The molecule has 1 amide bonds. The first kappa shape index (κ1) is 21.3. The van der Waals surface area contributed by atoms with Crippen LogP contribution in [-0.4, -0.2) is 88.5 Å². The second-order valence-electron chi connectivity index (χ2n) is 8.16. The number of ether oxygens (including phenoxy) is 3. The van der Waals surface area contributed by atoms with Gasteiger partial charge in [0, 0.05) is 50.1 Å². The number of anilines is 1. The van der Waals surface area contributed by atoms with Crippen LogP contribution >= 0.6 is 0 Å². The summed E-state index contributed by atoms with van der Waals surface area (Å²) >= 11 is 0. The minimum atomic E-state index is -0.906. The molecule has 0 saturated carbocycles. The maximum Gasteiger partial charge on any atom is 0.407 e. The summed E-state index contributed by atoms with van der Waals surface area (Å²) in [6, 6.07) is 6.10. The van der Waals surface area contributed by atoms with Crippen molar-refractivity contribution in [1.82, 2.24) is 24.6 Å². The molecule has 0 bridgehead atoms. The van der Waals surface area contributed by atoms with E-state index in [-0.39, 0.29) is 12.1 Å². The molecule has 1 unspecified atom stereocenters. The molecule has 4 heterocycles. The van der Waals surface area contributed by atoms with Crippen molar-refractivity contribution in [2.45, 2.75) is 19.4 Å². The average Bonchev–Trinajstić information content (AvgIpc) is 3.49. The Morgan fingerprint density at radius 2 is 1.94 bits per heavy atom. The minimum absolute atomic E-state index is 0.0488. The largest absolute Gasteiger partial charge is 0.488 e. The smallest absolute Gasteiger partial charge is 0.407 e. The van der Waals surface area contributed by atoms with Crippen LogP contribution in [-0.2, 0) is 4.74 Å². The molecule has 2 aliphatic rings. The molecule has 2 aliphatic heterocycles. The number of amides is 1. The van der Waals surface area contributed by atoms with Gasteiger partial charge in [0.05, 0.1) is 32.0 Å². The van der Waals surface area contributed by atoms with E-state index in [2.05, 4.69) is 21.1 Å². The molecule has 2 fully saturated rings. The molecule has 11 nitrogen and oxygen atoms in total. The fourth-order valence-corrected chi connectivity index (χ4v) is 4.15. The normalized spacial score (nSPS) is 18.7. The highest BCUT2D eigenvalue weighted by Crippen LogP contribution is 2.30. The molecule has 5 rings (SSSR count). The topological polar surface area (TPSA) is 115 Å². The van der Waals surface area contributed by atoms with Crippen molar-refractivity contribution >= 4 is 22.8 Å². The maximum atomic E-state index is 11.2. The monoisotopic (exact) mass is 454 g/mol. The molecule has 0 aliphatic carbocycles. The van der Waals surface area contributed by atoms with E-state index in [0.717, 1.165) is 28.6 Å². The maximum absolute atomic E-state index is 11.2. The molecule has 1 aromatic carbocycles. The fourth-order valence-electron chi connectivity index (χ4n) is 4.15. The minimum Gasteiger partial charge on any atom is -0.488 e. The number of carbonyl (C=O) groups is 1. The summed E-state index contributed by atoms with van der Waals surface area (Å²) in [4.78, 5) is 23.6. The Kier molecular flexibility index (Phi) is 5.63. The predicted molar refractivity (Wildman–Crippen MR) is 120 cm³/mol. The molecule has 0 radical (unpaired) electrons. The third kappa shape index (κ3) is 4.23. The van der Waals surface area contributed by atoms with Crippen molar-refractivity contribution in [1.29, 1.82) is 0 Å². The quantitative estimate of drug-likeness (QED) is 0.619. The summed E-state index contributed by atoms with van der Waals surface area (Å²) in [6.07, 6.45) is 1.81. The number of rotatable bonds is 5. The van der Waals surface area contributed by atoms with E-state index in [9.17, 15) is 9.90 Å². The predicted octanol–water partition coefficient (Wildman–Crippen LogP) is 2.10. The first-order chi connectivity index (χ1) is 16.0. The van der Waals surface area contributed by atoms with Crippen molar-refractivity contribution in [3.05, 3.63) is 30.0 Å². The third-order valence-electron chi connectivity index (χ3n) is 6.00. The van der Waals surface area contributed by atoms with Crippen molar-refractivity contribution in [2.75, 3.05) is 51.4 Å². The standard InChI is InChI=1S/C22H26N6O5/c1-14-9-15-12-23-28(17(15)10-18(14)33-16-3-8-32-13-16)20-11-19(24-21(25-20)31-2)26-4-6-27(7-5-26)22(29)30/h9-12,16H,3-8,13H2,1-2H3,(H,29,30). The lowest BCUT2D eigenvalue weighted by Gasteiger charge is -2.33. The van der Waals surface area contributed by atoms with Gasteiger partial charge >= 0.3 is 12.1 Å². The summed E-state index contributed by atoms with van der Waals surface area (Å²) < 4.78 is 18.7. The number of nitrogens with zero attached hydrogens (tertiary/aromatic N) is 6. The second-order valence-corrected chi connectivity index (χ2v) is 8.16. The molecular formula is C22H26N6O5. The van der Waals surface area contributed by atoms with Gasteiger partial charge in [0.2, 0.25) is 0 Å². The lowest BCUT2D eigenvalue weighted by Crippen LogP contribution is -2.48. The van der Waals surface area contributed by atoms with Crippen LogP contribution < -0.4 is 14.4 Å². The van der Waals surface area contributed by atoms with E-state index in [1.807, 2.05) is 24.0 Å². The number of fused-ring (bicyclic) bond motifs is 1. The highest BCUT2D eigenvalue weighted by Gasteiger charge is 2.23. The number of aryl methyl sites for hydroxylation is 1. The molecule has 33 heavy (non-hydrogen) atoms. The Labute approximate surface area is 190 Å². The molecule has 174 valence electrons. The lowest BCUT2D eigenvalue weighted by atomic mass is 10.1. The van der Waals surface area contributed by atoms with Gasteiger partial charge in [0.15, 0.2) is 5.82 Å². The summed E-state index contributed by atoms with van der Waals surface area (Å²) in [6.45, 7) is 5.22. The number of methoxy groups -OCH3 is 1. The van der Waals surface area contributed by atoms with Crippen LogP contribution in [0.3, 0.4) is 0 Å².